The maximum atomic E-state index is 15.3. The zero-order valence-electron chi connectivity index (χ0n) is 24.0. The van der Waals surface area contributed by atoms with E-state index >= 15 is 4.39 Å². The van der Waals surface area contributed by atoms with Gasteiger partial charge in [0.25, 0.3) is 5.56 Å². The van der Waals surface area contributed by atoms with Crippen molar-refractivity contribution in [3.8, 4) is 27.6 Å². The molecule has 0 N–H and O–H groups in total. The molecule has 0 aliphatic carbocycles. The van der Waals surface area contributed by atoms with E-state index in [0.29, 0.717) is 48.0 Å². The monoisotopic (exact) mass is 580 g/mol. The SMILES string of the molecule is C=C(OCC)c1sc(-c2c(C)nc(-c3cccc(F)c3OCc3ccccc3)n(CCc3ccccc3)c2=O)cc1C. The number of nitrogens with zero attached hydrogens (tertiary/aromatic N) is 2. The number of ether oxygens (including phenoxy) is 2. The lowest BCUT2D eigenvalue weighted by Gasteiger charge is -2.18. The van der Waals surface area contributed by atoms with Crippen molar-refractivity contribution >= 4 is 17.1 Å². The summed E-state index contributed by atoms with van der Waals surface area (Å²) in [4.78, 5) is 21.0. The van der Waals surface area contributed by atoms with Gasteiger partial charge in [0.15, 0.2) is 11.6 Å². The lowest BCUT2D eigenvalue weighted by Crippen LogP contribution is -2.27. The summed E-state index contributed by atoms with van der Waals surface area (Å²) in [6.45, 7) is 10.8. The summed E-state index contributed by atoms with van der Waals surface area (Å²) in [7, 11) is 0. The van der Waals surface area contributed by atoms with Crippen LogP contribution in [-0.2, 0) is 24.3 Å². The summed E-state index contributed by atoms with van der Waals surface area (Å²) in [5, 5.41) is 0. The van der Waals surface area contributed by atoms with Gasteiger partial charge in [-0.3, -0.25) is 9.36 Å². The normalized spacial score (nSPS) is 11.0. The Bertz CT molecular complexity index is 1760. The molecule has 0 bridgehead atoms. The summed E-state index contributed by atoms with van der Waals surface area (Å²) in [5.74, 6) is 0.503. The zero-order valence-corrected chi connectivity index (χ0v) is 24.8. The molecule has 5 aromatic rings. The molecule has 0 saturated heterocycles. The van der Waals surface area contributed by atoms with Crippen molar-refractivity contribution in [1.82, 2.24) is 9.55 Å². The van der Waals surface area contributed by atoms with Gasteiger partial charge in [-0.05, 0) is 62.1 Å². The molecule has 0 aliphatic heterocycles. The Morgan fingerprint density at radius 1 is 0.976 bits per heavy atom. The number of para-hydroxylation sites is 1. The second-order valence-corrected chi connectivity index (χ2v) is 11.0. The van der Waals surface area contributed by atoms with Gasteiger partial charge in [-0.15, -0.1) is 11.3 Å². The largest absolute Gasteiger partial charge is 0.493 e. The lowest BCUT2D eigenvalue weighted by molar-refractivity contribution is 0.291. The molecule has 0 spiro atoms. The molecule has 5 rings (SSSR count). The van der Waals surface area contributed by atoms with Crippen LogP contribution < -0.4 is 10.3 Å². The van der Waals surface area contributed by atoms with E-state index in [4.69, 9.17) is 14.5 Å². The maximum Gasteiger partial charge on any atom is 0.262 e. The third-order valence-electron chi connectivity index (χ3n) is 6.99. The van der Waals surface area contributed by atoms with Crippen LogP contribution in [0.3, 0.4) is 0 Å². The van der Waals surface area contributed by atoms with E-state index < -0.39 is 5.82 Å². The van der Waals surface area contributed by atoms with Crippen LogP contribution >= 0.6 is 11.3 Å². The molecule has 7 heteroatoms. The van der Waals surface area contributed by atoms with Crippen molar-refractivity contribution in [2.45, 2.75) is 40.3 Å². The summed E-state index contributed by atoms with van der Waals surface area (Å²) in [6.07, 6.45) is 0.601. The number of aromatic nitrogens is 2. The van der Waals surface area contributed by atoms with Crippen molar-refractivity contribution in [1.29, 1.82) is 0 Å². The Morgan fingerprint density at radius 3 is 2.36 bits per heavy atom. The molecule has 2 aromatic heterocycles. The smallest absolute Gasteiger partial charge is 0.262 e. The molecule has 0 atom stereocenters. The van der Waals surface area contributed by atoms with Crippen LogP contribution in [-0.4, -0.2) is 16.2 Å². The average Bonchev–Trinajstić information content (AvgIpc) is 3.37. The Kier molecular flexibility index (Phi) is 8.98. The van der Waals surface area contributed by atoms with Crippen molar-refractivity contribution in [3.63, 3.8) is 0 Å². The zero-order chi connectivity index (χ0) is 29.6. The molecule has 5 nitrogen and oxygen atoms in total. The molecule has 2 heterocycles. The molecule has 0 saturated carbocycles. The molecule has 42 heavy (non-hydrogen) atoms. The van der Waals surface area contributed by atoms with Crippen LogP contribution in [0, 0.1) is 19.7 Å². The van der Waals surface area contributed by atoms with E-state index in [1.165, 1.54) is 17.4 Å². The fraction of sp³-hybridized carbons (Fsp3) is 0.200. The summed E-state index contributed by atoms with van der Waals surface area (Å²) in [5.41, 5.74) is 4.27. The minimum Gasteiger partial charge on any atom is -0.493 e. The Hall–Kier alpha value is -4.49. The van der Waals surface area contributed by atoms with Crippen LogP contribution in [0.5, 0.6) is 5.75 Å². The first kappa shape index (κ1) is 29.0. The fourth-order valence-corrected chi connectivity index (χ4v) is 6.11. The van der Waals surface area contributed by atoms with E-state index in [2.05, 4.69) is 6.58 Å². The Balaban J connectivity index is 1.63. The first-order valence-electron chi connectivity index (χ1n) is 13.9. The van der Waals surface area contributed by atoms with Gasteiger partial charge in [0.2, 0.25) is 0 Å². The molecule has 0 unspecified atom stereocenters. The van der Waals surface area contributed by atoms with E-state index in [0.717, 1.165) is 26.4 Å². The Morgan fingerprint density at radius 2 is 1.67 bits per heavy atom. The van der Waals surface area contributed by atoms with E-state index in [-0.39, 0.29) is 17.9 Å². The number of hydrogen-bond acceptors (Lipinski definition) is 5. The maximum absolute atomic E-state index is 15.3. The van der Waals surface area contributed by atoms with Crippen LogP contribution in [0.25, 0.3) is 27.6 Å². The Labute approximate surface area is 249 Å². The van der Waals surface area contributed by atoms with Crippen LogP contribution in [0.2, 0.25) is 0 Å². The van der Waals surface area contributed by atoms with Gasteiger partial charge in [-0.1, -0.05) is 73.3 Å². The van der Waals surface area contributed by atoms with Gasteiger partial charge in [-0.25, -0.2) is 9.37 Å². The van der Waals surface area contributed by atoms with Crippen LogP contribution in [0.1, 0.15) is 34.2 Å². The van der Waals surface area contributed by atoms with Crippen LogP contribution in [0.15, 0.2) is 96.3 Å². The number of thiophene rings is 1. The van der Waals surface area contributed by atoms with Gasteiger partial charge >= 0.3 is 0 Å². The first-order valence-corrected chi connectivity index (χ1v) is 14.7. The third kappa shape index (κ3) is 6.21. The number of aryl methyl sites for hydroxylation is 3. The summed E-state index contributed by atoms with van der Waals surface area (Å²) in [6, 6.07) is 26.2. The predicted molar refractivity (Wildman–Crippen MR) is 168 cm³/mol. The molecule has 3 aromatic carbocycles. The highest BCUT2D eigenvalue weighted by Gasteiger charge is 2.23. The van der Waals surface area contributed by atoms with Crippen LogP contribution in [0.4, 0.5) is 4.39 Å². The molecule has 0 amide bonds. The van der Waals surface area contributed by atoms with Gasteiger partial charge in [0.05, 0.1) is 28.3 Å². The second kappa shape index (κ2) is 13.0. The second-order valence-electron chi connectivity index (χ2n) is 9.96. The van der Waals surface area contributed by atoms with E-state index in [1.54, 1.807) is 16.7 Å². The van der Waals surface area contributed by atoms with E-state index in [9.17, 15) is 4.79 Å². The highest BCUT2D eigenvalue weighted by atomic mass is 32.1. The van der Waals surface area contributed by atoms with Crippen molar-refractivity contribution in [2.75, 3.05) is 6.61 Å². The highest BCUT2D eigenvalue weighted by Crippen LogP contribution is 2.37. The number of benzene rings is 3. The van der Waals surface area contributed by atoms with Crippen molar-refractivity contribution < 1.29 is 13.9 Å². The lowest BCUT2D eigenvalue weighted by atomic mass is 10.1. The molecule has 0 fully saturated rings. The van der Waals surface area contributed by atoms with Gasteiger partial charge in [0, 0.05) is 11.4 Å². The highest BCUT2D eigenvalue weighted by molar-refractivity contribution is 7.16. The third-order valence-corrected chi connectivity index (χ3v) is 8.28. The summed E-state index contributed by atoms with van der Waals surface area (Å²) >= 11 is 1.46. The van der Waals surface area contributed by atoms with Gasteiger partial charge in [0.1, 0.15) is 18.2 Å². The predicted octanol–water partition coefficient (Wildman–Crippen LogP) is 8.22. The topological polar surface area (TPSA) is 53.4 Å². The van der Waals surface area contributed by atoms with Gasteiger partial charge in [-0.2, -0.15) is 0 Å². The average molecular weight is 581 g/mol. The number of hydrogen-bond donors (Lipinski definition) is 0. The molecule has 0 radical (unpaired) electrons. The molecular weight excluding hydrogens is 547 g/mol. The minimum atomic E-state index is -0.512. The standard InChI is InChI=1S/C35H33FN2O3S/c1-5-40-25(4)33-23(2)21-30(42-33)31-24(3)37-34(38(35(31)39)20-19-26-13-8-6-9-14-26)28-17-12-18-29(36)32(28)41-22-27-15-10-7-11-16-27/h6-18,21H,4-5,19-20,22H2,1-3H3. The van der Waals surface area contributed by atoms with Gasteiger partial charge < -0.3 is 9.47 Å². The number of halogens is 1. The summed E-state index contributed by atoms with van der Waals surface area (Å²) < 4.78 is 28.6. The number of rotatable bonds is 11. The molecular formula is C35H33FN2O3S. The molecule has 214 valence electrons. The van der Waals surface area contributed by atoms with E-state index in [1.807, 2.05) is 87.5 Å². The minimum absolute atomic E-state index is 0.0659. The fourth-order valence-electron chi connectivity index (χ4n) is 4.93. The molecule has 0 aliphatic rings. The quantitative estimate of drug-likeness (QED) is 0.148. The first-order chi connectivity index (χ1) is 20.4. The van der Waals surface area contributed by atoms with Crippen molar-refractivity contribution in [3.05, 3.63) is 135 Å². The van der Waals surface area contributed by atoms with Crippen molar-refractivity contribution in [2.24, 2.45) is 0 Å².